The lowest BCUT2D eigenvalue weighted by molar-refractivity contribution is -0.384. The van der Waals surface area contributed by atoms with E-state index in [1.165, 1.54) is 18.2 Å². The minimum absolute atomic E-state index is 0.0179. The van der Waals surface area contributed by atoms with Gasteiger partial charge in [-0.25, -0.2) is 4.79 Å². The normalized spacial score (nSPS) is 10.3. The van der Waals surface area contributed by atoms with Gasteiger partial charge in [-0.3, -0.25) is 10.1 Å². The molecule has 0 fully saturated rings. The molecule has 0 aliphatic carbocycles. The molecule has 1 N–H and O–H groups in total. The molecule has 2 aromatic rings. The van der Waals surface area contributed by atoms with Crippen molar-refractivity contribution in [2.75, 3.05) is 0 Å². The van der Waals surface area contributed by atoms with E-state index in [0.717, 1.165) is 11.1 Å². The minimum Gasteiger partial charge on any atom is -0.478 e. The molecule has 0 bridgehead atoms. The van der Waals surface area contributed by atoms with Crippen molar-refractivity contribution in [3.05, 3.63) is 63.2 Å². The maximum Gasteiger partial charge on any atom is 0.335 e. The maximum absolute atomic E-state index is 11.2. The van der Waals surface area contributed by atoms with Crippen molar-refractivity contribution in [2.45, 2.75) is 13.8 Å². The summed E-state index contributed by atoms with van der Waals surface area (Å²) in [6, 6.07) is 9.38. The van der Waals surface area contributed by atoms with E-state index in [1.54, 1.807) is 25.1 Å². The predicted octanol–water partition coefficient (Wildman–Crippen LogP) is 3.58. The molecule has 20 heavy (non-hydrogen) atoms. The smallest absolute Gasteiger partial charge is 0.335 e. The standard InChI is InChI=1S/C15H13NO4/c1-9-6-13(14(16(19)20)7-10(9)2)11-4-3-5-12(8-11)15(17)18/h3-8H,1-2H3,(H,17,18). The summed E-state index contributed by atoms with van der Waals surface area (Å²) in [4.78, 5) is 21.7. The van der Waals surface area contributed by atoms with E-state index in [1.807, 2.05) is 6.92 Å². The highest BCUT2D eigenvalue weighted by atomic mass is 16.6. The number of rotatable bonds is 3. The number of carboxylic acid groups (broad SMARTS) is 1. The fourth-order valence-electron chi connectivity index (χ4n) is 2.00. The van der Waals surface area contributed by atoms with Gasteiger partial charge in [-0.1, -0.05) is 12.1 Å². The Morgan fingerprint density at radius 2 is 1.80 bits per heavy atom. The lowest BCUT2D eigenvalue weighted by Gasteiger charge is -2.08. The quantitative estimate of drug-likeness (QED) is 0.683. The Morgan fingerprint density at radius 1 is 1.15 bits per heavy atom. The number of hydrogen-bond donors (Lipinski definition) is 1. The van der Waals surface area contributed by atoms with Crippen LogP contribution in [-0.2, 0) is 0 Å². The summed E-state index contributed by atoms with van der Waals surface area (Å²) in [6.45, 7) is 3.67. The third kappa shape index (κ3) is 2.51. The molecule has 0 heterocycles. The first-order chi connectivity index (χ1) is 9.40. The van der Waals surface area contributed by atoms with Gasteiger partial charge in [0.2, 0.25) is 0 Å². The van der Waals surface area contributed by atoms with Crippen molar-refractivity contribution in [1.82, 2.24) is 0 Å². The fourth-order valence-corrected chi connectivity index (χ4v) is 2.00. The molecule has 0 saturated carbocycles. The van der Waals surface area contributed by atoms with E-state index in [0.29, 0.717) is 11.1 Å². The van der Waals surface area contributed by atoms with Crippen LogP contribution in [0.4, 0.5) is 5.69 Å². The van der Waals surface area contributed by atoms with Crippen molar-refractivity contribution in [3.8, 4) is 11.1 Å². The summed E-state index contributed by atoms with van der Waals surface area (Å²) in [5, 5.41) is 20.2. The van der Waals surface area contributed by atoms with Gasteiger partial charge in [0, 0.05) is 6.07 Å². The van der Waals surface area contributed by atoms with Gasteiger partial charge >= 0.3 is 5.97 Å². The number of hydrogen-bond acceptors (Lipinski definition) is 3. The van der Waals surface area contributed by atoms with Crippen molar-refractivity contribution < 1.29 is 14.8 Å². The molecular weight excluding hydrogens is 258 g/mol. The van der Waals surface area contributed by atoms with Crippen molar-refractivity contribution in [1.29, 1.82) is 0 Å². The number of benzene rings is 2. The van der Waals surface area contributed by atoms with E-state index in [-0.39, 0.29) is 11.3 Å². The zero-order chi connectivity index (χ0) is 14.9. The molecule has 0 radical (unpaired) electrons. The largest absolute Gasteiger partial charge is 0.478 e. The van der Waals surface area contributed by atoms with Crippen molar-refractivity contribution in [3.63, 3.8) is 0 Å². The third-order valence-corrected chi connectivity index (χ3v) is 3.23. The molecule has 0 aromatic heterocycles. The Labute approximate surface area is 115 Å². The predicted molar refractivity (Wildman–Crippen MR) is 75.0 cm³/mol. The number of aromatic carboxylic acids is 1. The van der Waals surface area contributed by atoms with Crippen LogP contribution in [0.25, 0.3) is 11.1 Å². The SMILES string of the molecule is Cc1cc(-c2cccc(C(=O)O)c2)c([N+](=O)[O-])cc1C. The van der Waals surface area contributed by atoms with E-state index in [2.05, 4.69) is 0 Å². The molecule has 102 valence electrons. The van der Waals surface area contributed by atoms with Gasteiger partial charge in [0.1, 0.15) is 0 Å². The highest BCUT2D eigenvalue weighted by molar-refractivity contribution is 5.90. The number of nitro groups is 1. The number of aryl methyl sites for hydroxylation is 2. The van der Waals surface area contributed by atoms with Crippen LogP contribution in [0.3, 0.4) is 0 Å². The van der Waals surface area contributed by atoms with E-state index < -0.39 is 10.9 Å². The van der Waals surface area contributed by atoms with Crippen LogP contribution in [0, 0.1) is 24.0 Å². The molecule has 5 heteroatoms. The number of carbonyl (C=O) groups is 1. The molecule has 2 aromatic carbocycles. The molecule has 5 nitrogen and oxygen atoms in total. The zero-order valence-corrected chi connectivity index (χ0v) is 11.1. The fraction of sp³-hybridized carbons (Fsp3) is 0.133. The summed E-state index contributed by atoms with van der Waals surface area (Å²) in [5.41, 5.74) is 2.80. The van der Waals surface area contributed by atoms with Gasteiger partial charge in [-0.2, -0.15) is 0 Å². The maximum atomic E-state index is 11.2. The van der Waals surface area contributed by atoms with Gasteiger partial charge in [-0.05, 0) is 48.7 Å². The first kappa shape index (κ1) is 13.7. The number of nitrogens with zero attached hydrogens (tertiary/aromatic N) is 1. The molecular formula is C15H13NO4. The summed E-state index contributed by atoms with van der Waals surface area (Å²) in [7, 11) is 0. The van der Waals surface area contributed by atoms with E-state index >= 15 is 0 Å². The minimum atomic E-state index is -1.06. The van der Waals surface area contributed by atoms with Crippen LogP contribution in [0.5, 0.6) is 0 Å². The van der Waals surface area contributed by atoms with Crippen LogP contribution in [0.1, 0.15) is 21.5 Å². The Kier molecular flexibility index (Phi) is 3.52. The third-order valence-electron chi connectivity index (χ3n) is 3.23. The number of nitro benzene ring substituents is 1. The monoisotopic (exact) mass is 271 g/mol. The van der Waals surface area contributed by atoms with Crippen LogP contribution in [0.2, 0.25) is 0 Å². The average molecular weight is 271 g/mol. The average Bonchev–Trinajstić information content (AvgIpc) is 2.41. The molecule has 0 unspecified atom stereocenters. The summed E-state index contributed by atoms with van der Waals surface area (Å²) >= 11 is 0. The number of carboxylic acids is 1. The Bertz CT molecular complexity index is 707. The van der Waals surface area contributed by atoms with Gasteiger partial charge in [0.15, 0.2) is 0 Å². The van der Waals surface area contributed by atoms with Gasteiger partial charge in [0.05, 0.1) is 16.1 Å². The van der Waals surface area contributed by atoms with Crippen molar-refractivity contribution >= 4 is 11.7 Å². The zero-order valence-electron chi connectivity index (χ0n) is 11.1. The van der Waals surface area contributed by atoms with Crippen LogP contribution in [-0.4, -0.2) is 16.0 Å². The van der Waals surface area contributed by atoms with Gasteiger partial charge in [-0.15, -0.1) is 0 Å². The summed E-state index contributed by atoms with van der Waals surface area (Å²) in [5.74, 6) is -1.06. The highest BCUT2D eigenvalue weighted by Crippen LogP contribution is 2.32. The topological polar surface area (TPSA) is 80.4 Å². The van der Waals surface area contributed by atoms with Crippen molar-refractivity contribution in [2.24, 2.45) is 0 Å². The molecule has 0 amide bonds. The van der Waals surface area contributed by atoms with Gasteiger partial charge < -0.3 is 5.11 Å². The van der Waals surface area contributed by atoms with E-state index in [9.17, 15) is 14.9 Å². The summed E-state index contributed by atoms with van der Waals surface area (Å²) in [6.07, 6.45) is 0. The van der Waals surface area contributed by atoms with Gasteiger partial charge in [0.25, 0.3) is 5.69 Å². The first-order valence-corrected chi connectivity index (χ1v) is 5.99. The Hall–Kier alpha value is -2.69. The Morgan fingerprint density at radius 3 is 2.40 bits per heavy atom. The summed E-state index contributed by atoms with van der Waals surface area (Å²) < 4.78 is 0. The lowest BCUT2D eigenvalue weighted by Crippen LogP contribution is -1.98. The molecule has 0 atom stereocenters. The highest BCUT2D eigenvalue weighted by Gasteiger charge is 2.17. The van der Waals surface area contributed by atoms with Crippen LogP contribution >= 0.6 is 0 Å². The van der Waals surface area contributed by atoms with E-state index in [4.69, 9.17) is 5.11 Å². The van der Waals surface area contributed by atoms with Crippen LogP contribution < -0.4 is 0 Å². The second-order valence-corrected chi connectivity index (χ2v) is 4.60. The van der Waals surface area contributed by atoms with Crippen LogP contribution in [0.15, 0.2) is 36.4 Å². The molecule has 0 aliphatic heterocycles. The Balaban J connectivity index is 2.68. The second-order valence-electron chi connectivity index (χ2n) is 4.60. The lowest BCUT2D eigenvalue weighted by atomic mass is 9.97. The second kappa shape index (κ2) is 5.13. The first-order valence-electron chi connectivity index (χ1n) is 5.99. The molecule has 2 rings (SSSR count). The molecule has 0 spiro atoms. The molecule has 0 aliphatic rings. The molecule has 0 saturated heterocycles.